The van der Waals surface area contributed by atoms with Gasteiger partial charge in [0.15, 0.2) is 0 Å². The van der Waals surface area contributed by atoms with Gasteiger partial charge in [-0.2, -0.15) is 0 Å². The van der Waals surface area contributed by atoms with Gasteiger partial charge in [0.1, 0.15) is 0 Å². The molecule has 3 heteroatoms. The average molecular weight is 252 g/mol. The molecular formula is C16H16N2O. The normalized spacial score (nSPS) is 13.4. The van der Waals surface area contributed by atoms with Crippen LogP contribution in [0.15, 0.2) is 42.5 Å². The number of benzene rings is 2. The van der Waals surface area contributed by atoms with Crippen LogP contribution in [-0.2, 0) is 13.1 Å². The monoisotopic (exact) mass is 252 g/mol. The van der Waals surface area contributed by atoms with E-state index >= 15 is 0 Å². The van der Waals surface area contributed by atoms with E-state index in [-0.39, 0.29) is 5.91 Å². The number of nitrogens with zero attached hydrogens (tertiary/aromatic N) is 1. The molecule has 0 spiro atoms. The molecule has 0 saturated carbocycles. The number of nitrogens with two attached hydrogens (primary N) is 1. The molecule has 19 heavy (non-hydrogen) atoms. The van der Waals surface area contributed by atoms with Gasteiger partial charge in [-0.05, 0) is 29.7 Å². The van der Waals surface area contributed by atoms with E-state index in [4.69, 9.17) is 5.73 Å². The quantitative estimate of drug-likeness (QED) is 0.793. The zero-order chi connectivity index (χ0) is 13.4. The zero-order valence-electron chi connectivity index (χ0n) is 10.9. The Bertz CT molecular complexity index is 624. The Labute approximate surface area is 112 Å². The highest BCUT2D eigenvalue weighted by atomic mass is 16.2. The molecule has 3 rings (SSSR count). The summed E-state index contributed by atoms with van der Waals surface area (Å²) in [4.78, 5) is 14.4. The summed E-state index contributed by atoms with van der Waals surface area (Å²) in [6.45, 7) is 3.26. The second-order valence-corrected chi connectivity index (χ2v) is 4.97. The molecule has 2 N–H and O–H groups in total. The molecule has 2 aromatic carbocycles. The van der Waals surface area contributed by atoms with Crippen LogP contribution in [0.1, 0.15) is 27.0 Å². The summed E-state index contributed by atoms with van der Waals surface area (Å²) in [5, 5.41) is 0. The molecule has 0 atom stereocenters. The summed E-state index contributed by atoms with van der Waals surface area (Å²) in [5.74, 6) is 0.0115. The van der Waals surface area contributed by atoms with Crippen molar-refractivity contribution in [3.8, 4) is 0 Å². The molecule has 1 heterocycles. The lowest BCUT2D eigenvalue weighted by atomic mass is 10.1. The van der Waals surface area contributed by atoms with Crippen LogP contribution in [0.5, 0.6) is 0 Å². The average Bonchev–Trinajstić information content (AvgIpc) is 2.85. The van der Waals surface area contributed by atoms with Crippen LogP contribution < -0.4 is 5.73 Å². The van der Waals surface area contributed by atoms with E-state index in [1.54, 1.807) is 6.07 Å². The van der Waals surface area contributed by atoms with Gasteiger partial charge in [0, 0.05) is 18.8 Å². The van der Waals surface area contributed by atoms with Crippen LogP contribution in [0.3, 0.4) is 0 Å². The second kappa shape index (κ2) is 4.43. The van der Waals surface area contributed by atoms with Crippen LogP contribution in [0.2, 0.25) is 0 Å². The predicted octanol–water partition coefficient (Wildman–Crippen LogP) is 2.73. The first-order valence-corrected chi connectivity index (χ1v) is 6.38. The Morgan fingerprint density at radius 3 is 2.32 bits per heavy atom. The molecule has 1 aliphatic rings. The smallest absolute Gasteiger partial charge is 0.256 e. The van der Waals surface area contributed by atoms with Crippen molar-refractivity contribution >= 4 is 11.6 Å². The number of carbonyl (C=O) groups excluding carboxylic acids is 1. The fourth-order valence-corrected chi connectivity index (χ4v) is 2.51. The topological polar surface area (TPSA) is 46.3 Å². The Morgan fingerprint density at radius 1 is 1.05 bits per heavy atom. The number of aryl methyl sites for hydroxylation is 1. The Kier molecular flexibility index (Phi) is 2.75. The van der Waals surface area contributed by atoms with Crippen molar-refractivity contribution in [2.24, 2.45) is 0 Å². The molecule has 1 aliphatic heterocycles. The molecule has 96 valence electrons. The van der Waals surface area contributed by atoms with Crippen molar-refractivity contribution in [3.63, 3.8) is 0 Å². The summed E-state index contributed by atoms with van der Waals surface area (Å²) in [6.07, 6.45) is 0. The van der Waals surface area contributed by atoms with Gasteiger partial charge in [-0.3, -0.25) is 4.79 Å². The van der Waals surface area contributed by atoms with Gasteiger partial charge in [-0.15, -0.1) is 0 Å². The first-order valence-electron chi connectivity index (χ1n) is 6.38. The molecule has 3 nitrogen and oxygen atoms in total. The lowest BCUT2D eigenvalue weighted by Crippen LogP contribution is -2.26. The largest absolute Gasteiger partial charge is 0.398 e. The summed E-state index contributed by atoms with van der Waals surface area (Å²) in [7, 11) is 0. The van der Waals surface area contributed by atoms with Gasteiger partial charge in [-0.25, -0.2) is 0 Å². The van der Waals surface area contributed by atoms with Gasteiger partial charge in [0.05, 0.1) is 5.56 Å². The van der Waals surface area contributed by atoms with Crippen molar-refractivity contribution in [3.05, 3.63) is 64.7 Å². The SMILES string of the molecule is Cc1cccc(C(=O)N2Cc3ccccc3C2)c1N. The molecule has 0 radical (unpaired) electrons. The maximum Gasteiger partial charge on any atom is 0.256 e. The van der Waals surface area contributed by atoms with Crippen molar-refractivity contribution in [1.29, 1.82) is 0 Å². The fourth-order valence-electron chi connectivity index (χ4n) is 2.51. The number of fused-ring (bicyclic) bond motifs is 1. The highest BCUT2D eigenvalue weighted by molar-refractivity contribution is 5.99. The van der Waals surface area contributed by atoms with Gasteiger partial charge in [0.2, 0.25) is 0 Å². The molecule has 0 aliphatic carbocycles. The first-order chi connectivity index (χ1) is 9.16. The lowest BCUT2D eigenvalue weighted by molar-refractivity contribution is 0.0752. The molecule has 0 saturated heterocycles. The number of carbonyl (C=O) groups is 1. The Hall–Kier alpha value is -2.29. The molecule has 0 unspecified atom stereocenters. The van der Waals surface area contributed by atoms with E-state index < -0.39 is 0 Å². The maximum atomic E-state index is 12.5. The predicted molar refractivity (Wildman–Crippen MR) is 75.6 cm³/mol. The van der Waals surface area contributed by atoms with Gasteiger partial charge < -0.3 is 10.6 Å². The number of rotatable bonds is 1. The number of nitrogen functional groups attached to an aromatic ring is 1. The fraction of sp³-hybridized carbons (Fsp3) is 0.188. The van der Waals surface area contributed by atoms with E-state index in [2.05, 4.69) is 12.1 Å². The van der Waals surface area contributed by atoms with Crippen molar-refractivity contribution in [2.45, 2.75) is 20.0 Å². The van der Waals surface area contributed by atoms with Crippen LogP contribution in [-0.4, -0.2) is 10.8 Å². The van der Waals surface area contributed by atoms with Crippen molar-refractivity contribution in [1.82, 2.24) is 4.90 Å². The zero-order valence-corrected chi connectivity index (χ0v) is 10.9. The molecule has 2 aromatic rings. The molecule has 0 fully saturated rings. The van der Waals surface area contributed by atoms with Crippen LogP contribution in [0, 0.1) is 6.92 Å². The maximum absolute atomic E-state index is 12.5. The number of para-hydroxylation sites is 1. The van der Waals surface area contributed by atoms with E-state index in [0.717, 1.165) is 5.56 Å². The molecule has 0 aromatic heterocycles. The standard InChI is InChI=1S/C16H16N2O/c1-11-5-4-8-14(15(11)17)16(19)18-9-12-6-2-3-7-13(12)10-18/h2-8H,9-10,17H2,1H3. The second-order valence-electron chi connectivity index (χ2n) is 4.97. The van der Waals surface area contributed by atoms with Crippen molar-refractivity contribution < 1.29 is 4.79 Å². The van der Waals surface area contributed by atoms with Crippen LogP contribution >= 0.6 is 0 Å². The van der Waals surface area contributed by atoms with E-state index in [1.165, 1.54) is 11.1 Å². The third-order valence-corrected chi connectivity index (χ3v) is 3.68. The highest BCUT2D eigenvalue weighted by Gasteiger charge is 2.25. The van der Waals surface area contributed by atoms with Crippen LogP contribution in [0.25, 0.3) is 0 Å². The number of hydrogen-bond acceptors (Lipinski definition) is 2. The van der Waals surface area contributed by atoms with E-state index in [1.807, 2.05) is 36.1 Å². The molecule has 0 bridgehead atoms. The minimum absolute atomic E-state index is 0.0115. The number of anilines is 1. The molecule has 1 amide bonds. The van der Waals surface area contributed by atoms with Crippen molar-refractivity contribution in [2.75, 3.05) is 5.73 Å². The summed E-state index contributed by atoms with van der Waals surface area (Å²) < 4.78 is 0. The first kappa shape index (κ1) is 11.8. The van der Waals surface area contributed by atoms with Gasteiger partial charge >= 0.3 is 0 Å². The third kappa shape index (κ3) is 1.97. The van der Waals surface area contributed by atoms with E-state index in [9.17, 15) is 4.79 Å². The summed E-state index contributed by atoms with van der Waals surface area (Å²) in [5.41, 5.74) is 10.6. The Morgan fingerprint density at radius 2 is 1.68 bits per heavy atom. The summed E-state index contributed by atoms with van der Waals surface area (Å²) in [6, 6.07) is 13.8. The minimum Gasteiger partial charge on any atom is -0.398 e. The highest BCUT2D eigenvalue weighted by Crippen LogP contribution is 2.26. The van der Waals surface area contributed by atoms with E-state index in [0.29, 0.717) is 24.3 Å². The lowest BCUT2D eigenvalue weighted by Gasteiger charge is -2.17. The number of hydrogen-bond donors (Lipinski definition) is 1. The molecular weight excluding hydrogens is 236 g/mol. The van der Waals surface area contributed by atoms with Gasteiger partial charge in [-0.1, -0.05) is 36.4 Å². The van der Waals surface area contributed by atoms with Crippen LogP contribution in [0.4, 0.5) is 5.69 Å². The summed E-state index contributed by atoms with van der Waals surface area (Å²) >= 11 is 0. The number of amides is 1. The third-order valence-electron chi connectivity index (χ3n) is 3.68. The minimum atomic E-state index is 0.0115. The Balaban J connectivity index is 1.89. The van der Waals surface area contributed by atoms with Gasteiger partial charge in [0.25, 0.3) is 5.91 Å².